The molecule has 1 aliphatic rings. The number of nitrogens with zero attached hydrogens (tertiary/aromatic N) is 3. The van der Waals surface area contributed by atoms with Crippen LogP contribution in [0.3, 0.4) is 0 Å². The Morgan fingerprint density at radius 1 is 1.46 bits per heavy atom. The molecule has 0 aliphatic carbocycles. The zero-order valence-electron chi connectivity index (χ0n) is 16.0. The summed E-state index contributed by atoms with van der Waals surface area (Å²) in [5.41, 5.74) is 1.95. The van der Waals surface area contributed by atoms with Crippen LogP contribution in [0.15, 0.2) is 23.5 Å². The summed E-state index contributed by atoms with van der Waals surface area (Å²) in [5.74, 6) is -0.492. The molecule has 148 valence electrons. The van der Waals surface area contributed by atoms with Crippen LogP contribution in [0, 0.1) is 5.82 Å². The summed E-state index contributed by atoms with van der Waals surface area (Å²) in [4.78, 5) is 12.6. The molecule has 7 nitrogen and oxygen atoms in total. The van der Waals surface area contributed by atoms with Gasteiger partial charge in [-0.15, -0.1) is 0 Å². The number of H-pyrrole nitrogens is 1. The van der Waals surface area contributed by atoms with E-state index in [9.17, 15) is 4.79 Å². The molecule has 1 fully saturated rings. The number of rotatable bonds is 5. The van der Waals surface area contributed by atoms with Gasteiger partial charge in [-0.3, -0.25) is 14.6 Å². The Kier molecular flexibility index (Phi) is 4.91. The summed E-state index contributed by atoms with van der Waals surface area (Å²) in [5, 5.41) is 8.24. The minimum atomic E-state index is -0.492. The van der Waals surface area contributed by atoms with E-state index in [1.165, 1.54) is 17.9 Å². The largest absolute Gasteiger partial charge is 0.378 e. The van der Waals surface area contributed by atoms with E-state index in [2.05, 4.69) is 16.8 Å². The van der Waals surface area contributed by atoms with Gasteiger partial charge in [0.05, 0.1) is 29.1 Å². The Morgan fingerprint density at radius 3 is 2.96 bits per heavy atom. The van der Waals surface area contributed by atoms with Crippen LogP contribution in [0.5, 0.6) is 0 Å². The van der Waals surface area contributed by atoms with E-state index >= 15 is 4.39 Å². The lowest BCUT2D eigenvalue weighted by Gasteiger charge is -2.23. The summed E-state index contributed by atoms with van der Waals surface area (Å²) >= 11 is 0. The van der Waals surface area contributed by atoms with Gasteiger partial charge in [-0.05, 0) is 31.4 Å². The lowest BCUT2D eigenvalue weighted by molar-refractivity contribution is -0.0367. The quantitative estimate of drug-likeness (QED) is 0.730. The average molecular weight is 386 g/mol. The summed E-state index contributed by atoms with van der Waals surface area (Å²) in [6.45, 7) is 4.67. The van der Waals surface area contributed by atoms with E-state index in [1.54, 1.807) is 23.9 Å². The van der Waals surface area contributed by atoms with Crippen LogP contribution in [0.1, 0.15) is 36.9 Å². The molecule has 0 amide bonds. The highest BCUT2D eigenvalue weighted by Crippen LogP contribution is 2.33. The molecule has 1 aliphatic heterocycles. The fourth-order valence-corrected chi connectivity index (χ4v) is 3.79. The molecule has 2 aromatic heterocycles. The Labute approximate surface area is 161 Å². The number of ether oxygens (including phenoxy) is 2. The van der Waals surface area contributed by atoms with Gasteiger partial charge < -0.3 is 9.47 Å². The maximum absolute atomic E-state index is 15.2. The minimum Gasteiger partial charge on any atom is -0.378 e. The fourth-order valence-electron chi connectivity index (χ4n) is 3.79. The van der Waals surface area contributed by atoms with Crippen molar-refractivity contribution in [3.63, 3.8) is 0 Å². The van der Waals surface area contributed by atoms with E-state index in [0.29, 0.717) is 23.5 Å². The third-order valence-corrected chi connectivity index (χ3v) is 5.13. The summed E-state index contributed by atoms with van der Waals surface area (Å²) in [7, 11) is 3.12. The molecule has 1 atom stereocenters. The Hall–Kier alpha value is -2.71. The van der Waals surface area contributed by atoms with Crippen LogP contribution in [0.2, 0.25) is 0 Å². The monoisotopic (exact) mass is 386 g/mol. The molecule has 0 spiro atoms. The Balaban J connectivity index is 1.92. The van der Waals surface area contributed by atoms with Crippen LogP contribution in [-0.4, -0.2) is 33.3 Å². The number of nitrogens with one attached hydrogen (secondary N) is 1. The lowest BCUT2D eigenvalue weighted by Crippen LogP contribution is -2.19. The molecule has 1 unspecified atom stereocenters. The number of aromatic amines is 1. The Morgan fingerprint density at radius 2 is 2.29 bits per heavy atom. The number of methoxy groups -OCH3 is 1. The molecule has 1 N–H and O–H groups in total. The van der Waals surface area contributed by atoms with Crippen molar-refractivity contribution in [1.82, 2.24) is 19.6 Å². The van der Waals surface area contributed by atoms with E-state index < -0.39 is 5.82 Å². The van der Waals surface area contributed by atoms with E-state index in [0.717, 1.165) is 24.6 Å². The van der Waals surface area contributed by atoms with Gasteiger partial charge in [0.25, 0.3) is 5.56 Å². The first-order valence-corrected chi connectivity index (χ1v) is 9.28. The highest BCUT2D eigenvalue weighted by Gasteiger charge is 2.24. The number of aryl methyl sites for hydroxylation is 1. The molecule has 0 bridgehead atoms. The first-order chi connectivity index (χ1) is 13.5. The third-order valence-electron chi connectivity index (χ3n) is 5.13. The molecule has 1 saturated heterocycles. The van der Waals surface area contributed by atoms with Gasteiger partial charge in [0.2, 0.25) is 0 Å². The summed E-state index contributed by atoms with van der Waals surface area (Å²) in [6, 6.07) is 3.09. The maximum atomic E-state index is 15.2. The molecular formula is C20H23FN4O3. The number of hydrogen-bond donors (Lipinski definition) is 1. The standard InChI is InChI=1S/C20H23FN4O3/c1-4-15-13-9-12(19-16(11-27-3)22-24(2)20(19)26)14(21)10-17(13)25(23-15)18-7-5-6-8-28-18/h4,9-10,18,22H,1,5-8,11H2,2-3H3. The first-order valence-electron chi connectivity index (χ1n) is 9.28. The predicted molar refractivity (Wildman–Crippen MR) is 104 cm³/mol. The second-order valence-electron chi connectivity index (χ2n) is 6.97. The van der Waals surface area contributed by atoms with Gasteiger partial charge in [0.15, 0.2) is 6.23 Å². The molecule has 3 aromatic rings. The fraction of sp³-hybridized carbons (Fsp3) is 0.400. The number of benzene rings is 1. The van der Waals surface area contributed by atoms with Gasteiger partial charge >= 0.3 is 0 Å². The van der Waals surface area contributed by atoms with E-state index in [4.69, 9.17) is 9.47 Å². The predicted octanol–water partition coefficient (Wildman–Crippen LogP) is 3.36. The van der Waals surface area contributed by atoms with Crippen molar-refractivity contribution in [2.45, 2.75) is 32.1 Å². The van der Waals surface area contributed by atoms with Crippen molar-refractivity contribution in [3.05, 3.63) is 46.3 Å². The lowest BCUT2D eigenvalue weighted by atomic mass is 10.0. The molecule has 1 aromatic carbocycles. The Bertz CT molecular complexity index is 1090. The summed E-state index contributed by atoms with van der Waals surface area (Å²) < 4.78 is 29.2. The molecule has 8 heteroatoms. The van der Waals surface area contributed by atoms with E-state index in [-0.39, 0.29) is 29.5 Å². The average Bonchev–Trinajstić information content (AvgIpc) is 3.19. The smallest absolute Gasteiger partial charge is 0.274 e. The number of aromatic nitrogens is 4. The van der Waals surface area contributed by atoms with Gasteiger partial charge in [0, 0.05) is 37.8 Å². The SMILES string of the molecule is C=Cc1nn(C2CCCCO2)c2cc(F)c(-c3c(COC)[nH]n(C)c3=O)cc12. The molecule has 4 rings (SSSR count). The van der Waals surface area contributed by atoms with Crippen LogP contribution >= 0.6 is 0 Å². The van der Waals surface area contributed by atoms with Crippen LogP contribution < -0.4 is 5.56 Å². The van der Waals surface area contributed by atoms with E-state index in [1.807, 2.05) is 0 Å². The zero-order chi connectivity index (χ0) is 19.8. The van der Waals surface area contributed by atoms with Crippen molar-refractivity contribution in [3.8, 4) is 11.1 Å². The van der Waals surface area contributed by atoms with Gasteiger partial charge in [-0.2, -0.15) is 5.10 Å². The molecule has 0 radical (unpaired) electrons. The minimum absolute atomic E-state index is 0.173. The summed E-state index contributed by atoms with van der Waals surface area (Å²) in [6.07, 6.45) is 4.29. The van der Waals surface area contributed by atoms with Gasteiger partial charge in [-0.1, -0.05) is 6.58 Å². The molecule has 0 saturated carbocycles. The van der Waals surface area contributed by atoms with Crippen molar-refractivity contribution in [1.29, 1.82) is 0 Å². The molecule has 28 heavy (non-hydrogen) atoms. The topological polar surface area (TPSA) is 74.1 Å². The highest BCUT2D eigenvalue weighted by molar-refractivity contribution is 5.91. The number of hydrogen-bond acceptors (Lipinski definition) is 4. The van der Waals surface area contributed by atoms with Gasteiger partial charge in [0.1, 0.15) is 5.82 Å². The second kappa shape index (κ2) is 7.37. The van der Waals surface area contributed by atoms with Crippen molar-refractivity contribution < 1.29 is 13.9 Å². The maximum Gasteiger partial charge on any atom is 0.274 e. The zero-order valence-corrected chi connectivity index (χ0v) is 16.0. The molecular weight excluding hydrogens is 363 g/mol. The highest BCUT2D eigenvalue weighted by atomic mass is 19.1. The third kappa shape index (κ3) is 2.98. The van der Waals surface area contributed by atoms with Crippen LogP contribution in [0.4, 0.5) is 4.39 Å². The number of fused-ring (bicyclic) bond motifs is 1. The van der Waals surface area contributed by atoms with Crippen LogP contribution in [-0.2, 0) is 23.1 Å². The van der Waals surface area contributed by atoms with Crippen molar-refractivity contribution in [2.24, 2.45) is 7.05 Å². The second-order valence-corrected chi connectivity index (χ2v) is 6.97. The van der Waals surface area contributed by atoms with Crippen molar-refractivity contribution in [2.75, 3.05) is 13.7 Å². The first kappa shape index (κ1) is 18.6. The van der Waals surface area contributed by atoms with Crippen molar-refractivity contribution >= 4 is 17.0 Å². The van der Waals surface area contributed by atoms with Crippen LogP contribution in [0.25, 0.3) is 28.1 Å². The number of halogens is 1. The molecule has 3 heterocycles. The normalized spacial score (nSPS) is 17.3. The van der Waals surface area contributed by atoms with Gasteiger partial charge in [-0.25, -0.2) is 9.07 Å².